The van der Waals surface area contributed by atoms with E-state index in [2.05, 4.69) is 31.8 Å². The van der Waals surface area contributed by atoms with E-state index in [0.717, 1.165) is 20.1 Å². The summed E-state index contributed by atoms with van der Waals surface area (Å²) >= 11 is 4.93. The van der Waals surface area contributed by atoms with E-state index >= 15 is 0 Å². The minimum Gasteiger partial charge on any atom is -0.343 e. The van der Waals surface area contributed by atoms with E-state index in [1.807, 2.05) is 29.6 Å². The molecular formula is C18H14BrN3O2S. The minimum absolute atomic E-state index is 0.142. The Morgan fingerprint density at radius 1 is 1.12 bits per heavy atom. The molecule has 7 heteroatoms. The SMILES string of the molecule is O=C(CNC(=O)c1ccc(Br)cc1)NN=Cc1csc2ccccc12. The van der Waals surface area contributed by atoms with Crippen molar-refractivity contribution in [1.29, 1.82) is 0 Å². The van der Waals surface area contributed by atoms with Crippen LogP contribution in [0.1, 0.15) is 15.9 Å². The van der Waals surface area contributed by atoms with E-state index in [9.17, 15) is 9.59 Å². The van der Waals surface area contributed by atoms with E-state index < -0.39 is 0 Å². The summed E-state index contributed by atoms with van der Waals surface area (Å²) in [7, 11) is 0. The number of amides is 2. The van der Waals surface area contributed by atoms with Crippen LogP contribution in [-0.4, -0.2) is 24.6 Å². The predicted molar refractivity (Wildman–Crippen MR) is 104 cm³/mol. The number of carbonyl (C=O) groups excluding carboxylic acids is 2. The monoisotopic (exact) mass is 415 g/mol. The zero-order valence-corrected chi connectivity index (χ0v) is 15.4. The molecule has 0 spiro atoms. The number of thiophene rings is 1. The Balaban J connectivity index is 1.51. The van der Waals surface area contributed by atoms with Gasteiger partial charge in [0.2, 0.25) is 0 Å². The smallest absolute Gasteiger partial charge is 0.259 e. The number of benzene rings is 2. The second kappa shape index (κ2) is 8.04. The summed E-state index contributed by atoms with van der Waals surface area (Å²) in [5, 5.41) is 9.58. The highest BCUT2D eigenvalue weighted by atomic mass is 79.9. The summed E-state index contributed by atoms with van der Waals surface area (Å²) in [5.41, 5.74) is 3.85. The minimum atomic E-state index is -0.388. The topological polar surface area (TPSA) is 70.6 Å². The van der Waals surface area contributed by atoms with Gasteiger partial charge in [-0.3, -0.25) is 9.59 Å². The molecule has 0 radical (unpaired) electrons. The van der Waals surface area contributed by atoms with Crippen LogP contribution < -0.4 is 10.7 Å². The number of fused-ring (bicyclic) bond motifs is 1. The molecule has 126 valence electrons. The number of rotatable bonds is 5. The second-order valence-electron chi connectivity index (χ2n) is 5.17. The molecule has 2 aromatic carbocycles. The van der Waals surface area contributed by atoms with Crippen LogP contribution in [0.5, 0.6) is 0 Å². The van der Waals surface area contributed by atoms with Gasteiger partial charge < -0.3 is 5.32 Å². The first kappa shape index (κ1) is 17.3. The van der Waals surface area contributed by atoms with Crippen LogP contribution >= 0.6 is 27.3 Å². The summed E-state index contributed by atoms with van der Waals surface area (Å²) < 4.78 is 2.05. The first-order chi connectivity index (χ1) is 12.1. The van der Waals surface area contributed by atoms with E-state index in [1.54, 1.807) is 41.8 Å². The Hall–Kier alpha value is -2.51. The molecule has 0 unspecified atom stereocenters. The molecular weight excluding hydrogens is 402 g/mol. The number of nitrogens with one attached hydrogen (secondary N) is 2. The van der Waals surface area contributed by atoms with Crippen LogP contribution in [-0.2, 0) is 4.79 Å². The second-order valence-corrected chi connectivity index (χ2v) is 7.00. The molecule has 3 rings (SSSR count). The van der Waals surface area contributed by atoms with E-state index in [-0.39, 0.29) is 18.4 Å². The van der Waals surface area contributed by atoms with E-state index in [1.165, 1.54) is 0 Å². The summed E-state index contributed by atoms with van der Waals surface area (Å²) in [6.07, 6.45) is 1.60. The normalized spacial score (nSPS) is 10.9. The van der Waals surface area contributed by atoms with Crippen LogP contribution in [0.25, 0.3) is 10.1 Å². The molecule has 2 N–H and O–H groups in total. The Morgan fingerprint density at radius 3 is 2.68 bits per heavy atom. The van der Waals surface area contributed by atoms with Crippen molar-refractivity contribution in [3.8, 4) is 0 Å². The highest BCUT2D eigenvalue weighted by molar-refractivity contribution is 9.10. The van der Waals surface area contributed by atoms with Gasteiger partial charge in [-0.05, 0) is 30.3 Å². The molecule has 0 bridgehead atoms. The lowest BCUT2D eigenvalue weighted by Gasteiger charge is -2.04. The van der Waals surface area contributed by atoms with Crippen molar-refractivity contribution in [2.24, 2.45) is 5.10 Å². The van der Waals surface area contributed by atoms with E-state index in [4.69, 9.17) is 0 Å². The summed E-state index contributed by atoms with van der Waals surface area (Å²) in [5.74, 6) is -0.697. The molecule has 0 atom stereocenters. The first-order valence-electron chi connectivity index (χ1n) is 7.45. The zero-order chi connectivity index (χ0) is 17.6. The van der Waals surface area contributed by atoms with Crippen molar-refractivity contribution in [1.82, 2.24) is 10.7 Å². The maximum atomic E-state index is 11.9. The van der Waals surface area contributed by atoms with Gasteiger partial charge in [0.25, 0.3) is 11.8 Å². The fourth-order valence-corrected chi connectivity index (χ4v) is 3.35. The molecule has 0 fully saturated rings. The van der Waals surface area contributed by atoms with Gasteiger partial charge in [-0.15, -0.1) is 11.3 Å². The van der Waals surface area contributed by atoms with Crippen molar-refractivity contribution >= 4 is 55.4 Å². The average Bonchev–Trinajstić information content (AvgIpc) is 3.04. The number of hydrazone groups is 1. The number of halogens is 1. The molecule has 5 nitrogen and oxygen atoms in total. The number of nitrogens with zero attached hydrogens (tertiary/aromatic N) is 1. The maximum absolute atomic E-state index is 11.9. The van der Waals surface area contributed by atoms with Gasteiger partial charge in [0.1, 0.15) is 0 Å². The Morgan fingerprint density at radius 2 is 1.88 bits per heavy atom. The molecule has 0 saturated carbocycles. The summed E-state index contributed by atoms with van der Waals surface area (Å²) in [6, 6.07) is 14.9. The lowest BCUT2D eigenvalue weighted by atomic mass is 10.2. The van der Waals surface area contributed by atoms with Gasteiger partial charge in [0, 0.05) is 31.1 Å². The average molecular weight is 416 g/mol. The van der Waals surface area contributed by atoms with Gasteiger partial charge in [-0.2, -0.15) is 5.10 Å². The van der Waals surface area contributed by atoms with Crippen LogP contribution in [0.15, 0.2) is 63.5 Å². The van der Waals surface area contributed by atoms with Gasteiger partial charge >= 0.3 is 0 Å². The lowest BCUT2D eigenvalue weighted by Crippen LogP contribution is -2.34. The molecule has 0 aliphatic heterocycles. The summed E-state index contributed by atoms with van der Waals surface area (Å²) in [6.45, 7) is -0.142. The fourth-order valence-electron chi connectivity index (χ4n) is 2.18. The fraction of sp³-hybridized carbons (Fsp3) is 0.0556. The van der Waals surface area contributed by atoms with Gasteiger partial charge in [0.15, 0.2) is 0 Å². The number of carbonyl (C=O) groups is 2. The number of hydrogen-bond donors (Lipinski definition) is 2. The van der Waals surface area contributed by atoms with Crippen LogP contribution in [0.4, 0.5) is 0 Å². The van der Waals surface area contributed by atoms with Crippen LogP contribution in [0.2, 0.25) is 0 Å². The molecule has 2 amide bonds. The molecule has 0 saturated heterocycles. The third kappa shape index (κ3) is 4.52. The highest BCUT2D eigenvalue weighted by Gasteiger charge is 2.07. The van der Waals surface area contributed by atoms with Crippen molar-refractivity contribution in [2.45, 2.75) is 0 Å². The molecule has 1 aromatic heterocycles. The molecule has 1 heterocycles. The predicted octanol–water partition coefficient (Wildman–Crippen LogP) is 3.54. The molecule has 25 heavy (non-hydrogen) atoms. The van der Waals surface area contributed by atoms with Crippen molar-refractivity contribution < 1.29 is 9.59 Å². The highest BCUT2D eigenvalue weighted by Crippen LogP contribution is 2.24. The molecule has 0 aliphatic rings. The van der Waals surface area contributed by atoms with Crippen molar-refractivity contribution in [3.05, 3.63) is 69.5 Å². The largest absolute Gasteiger partial charge is 0.343 e. The Bertz CT molecular complexity index is 935. The van der Waals surface area contributed by atoms with Gasteiger partial charge in [-0.25, -0.2) is 5.43 Å². The molecule has 3 aromatic rings. The number of hydrogen-bond acceptors (Lipinski definition) is 4. The van der Waals surface area contributed by atoms with Crippen LogP contribution in [0, 0.1) is 0 Å². The first-order valence-corrected chi connectivity index (χ1v) is 9.12. The quantitative estimate of drug-likeness (QED) is 0.494. The van der Waals surface area contributed by atoms with E-state index in [0.29, 0.717) is 5.56 Å². The standard InChI is InChI=1S/C18H14BrN3O2S/c19-14-7-5-12(6-8-14)18(24)20-10-17(23)22-21-9-13-11-25-16-4-2-1-3-15(13)16/h1-9,11H,10H2,(H,20,24)(H,22,23). The zero-order valence-electron chi connectivity index (χ0n) is 13.0. The van der Waals surface area contributed by atoms with Crippen molar-refractivity contribution in [2.75, 3.05) is 6.54 Å². The molecule has 0 aliphatic carbocycles. The Kier molecular flexibility index (Phi) is 5.57. The summed E-state index contributed by atoms with van der Waals surface area (Å²) in [4.78, 5) is 23.7. The third-order valence-electron chi connectivity index (χ3n) is 3.42. The lowest BCUT2D eigenvalue weighted by molar-refractivity contribution is -0.120. The maximum Gasteiger partial charge on any atom is 0.259 e. The van der Waals surface area contributed by atoms with Crippen LogP contribution in [0.3, 0.4) is 0 Å². The Labute approximate surface area is 156 Å². The van der Waals surface area contributed by atoms with Crippen molar-refractivity contribution in [3.63, 3.8) is 0 Å². The van der Waals surface area contributed by atoms with Gasteiger partial charge in [-0.1, -0.05) is 34.1 Å². The third-order valence-corrected chi connectivity index (χ3v) is 4.93. The van der Waals surface area contributed by atoms with Gasteiger partial charge in [0.05, 0.1) is 12.8 Å².